The number of aromatic nitrogens is 1. The molecule has 1 aromatic heterocycles. The Morgan fingerprint density at radius 3 is 2.54 bits per heavy atom. The first-order valence-corrected chi connectivity index (χ1v) is 10.0. The van der Waals surface area contributed by atoms with Crippen LogP contribution in [-0.4, -0.2) is 40.8 Å². The summed E-state index contributed by atoms with van der Waals surface area (Å²) < 4.78 is 11.7. The van der Waals surface area contributed by atoms with Crippen LogP contribution in [0.25, 0.3) is 10.8 Å². The second-order valence-corrected chi connectivity index (χ2v) is 8.82. The van der Waals surface area contributed by atoms with Gasteiger partial charge < -0.3 is 19.4 Å². The third-order valence-corrected chi connectivity index (χ3v) is 5.69. The summed E-state index contributed by atoms with van der Waals surface area (Å²) in [5.41, 5.74) is 1.58. The molecule has 2 aliphatic heterocycles. The van der Waals surface area contributed by atoms with E-state index in [0.717, 1.165) is 29.5 Å². The van der Waals surface area contributed by atoms with E-state index in [2.05, 4.69) is 4.98 Å². The summed E-state index contributed by atoms with van der Waals surface area (Å²) in [6, 6.07) is 7.69. The van der Waals surface area contributed by atoms with Gasteiger partial charge in [0.05, 0.1) is 12.7 Å². The molecule has 6 heteroatoms. The minimum atomic E-state index is -0.473. The molecule has 2 aromatic rings. The zero-order valence-electron chi connectivity index (χ0n) is 16.8. The predicted molar refractivity (Wildman–Crippen MR) is 107 cm³/mol. The van der Waals surface area contributed by atoms with Crippen LogP contribution in [0.15, 0.2) is 29.1 Å². The van der Waals surface area contributed by atoms with E-state index in [-0.39, 0.29) is 17.8 Å². The SMILES string of the molecule is CC(C)(C)OC(=O)N1CCC([C@@H]2Cc3[nH]c(=O)c4ccccc4c3CO2)CC1. The number of likely N-dealkylation sites (tertiary alicyclic amines) is 1. The maximum atomic E-state index is 12.4. The topological polar surface area (TPSA) is 71.6 Å². The Labute approximate surface area is 164 Å². The Kier molecular flexibility index (Phi) is 4.91. The van der Waals surface area contributed by atoms with Crippen molar-refractivity contribution in [3.63, 3.8) is 0 Å². The van der Waals surface area contributed by atoms with Crippen molar-refractivity contribution in [2.75, 3.05) is 13.1 Å². The van der Waals surface area contributed by atoms with Gasteiger partial charge in [-0.2, -0.15) is 0 Å². The summed E-state index contributed by atoms with van der Waals surface area (Å²) in [7, 11) is 0. The predicted octanol–water partition coefficient (Wildman–Crippen LogP) is 3.62. The second kappa shape index (κ2) is 7.24. The summed E-state index contributed by atoms with van der Waals surface area (Å²) in [6.45, 7) is 7.53. The number of hydrogen-bond donors (Lipinski definition) is 1. The molecule has 0 radical (unpaired) electrons. The van der Waals surface area contributed by atoms with E-state index in [9.17, 15) is 9.59 Å². The number of pyridine rings is 1. The van der Waals surface area contributed by atoms with Gasteiger partial charge in [0.2, 0.25) is 0 Å². The maximum absolute atomic E-state index is 12.4. The van der Waals surface area contributed by atoms with Crippen molar-refractivity contribution in [2.24, 2.45) is 5.92 Å². The van der Waals surface area contributed by atoms with Crippen LogP contribution in [0, 0.1) is 5.92 Å². The molecule has 1 N–H and O–H groups in total. The fourth-order valence-corrected chi connectivity index (χ4v) is 4.26. The number of fused-ring (bicyclic) bond motifs is 3. The number of hydrogen-bond acceptors (Lipinski definition) is 4. The Balaban J connectivity index is 1.43. The van der Waals surface area contributed by atoms with Crippen molar-refractivity contribution in [3.05, 3.63) is 45.9 Å². The molecule has 1 aromatic carbocycles. The highest BCUT2D eigenvalue weighted by Gasteiger charge is 2.33. The van der Waals surface area contributed by atoms with Gasteiger partial charge in [0.1, 0.15) is 5.60 Å². The zero-order chi connectivity index (χ0) is 19.9. The molecule has 0 bridgehead atoms. The van der Waals surface area contributed by atoms with Gasteiger partial charge in [-0.05, 0) is 51.0 Å². The standard InChI is InChI=1S/C22H28N2O4/c1-22(2,3)28-21(26)24-10-8-14(9-11-24)19-12-18-17(13-27-19)15-6-4-5-7-16(15)20(25)23-18/h4-7,14,19H,8-13H2,1-3H3,(H,23,25)/t19-/m0/s1. The number of nitrogens with one attached hydrogen (secondary N) is 1. The van der Waals surface area contributed by atoms with E-state index in [1.807, 2.05) is 45.0 Å². The Morgan fingerprint density at radius 1 is 1.18 bits per heavy atom. The van der Waals surface area contributed by atoms with Gasteiger partial charge in [-0.3, -0.25) is 4.79 Å². The van der Waals surface area contributed by atoms with Gasteiger partial charge >= 0.3 is 6.09 Å². The number of nitrogens with zero attached hydrogens (tertiary/aromatic N) is 1. The van der Waals surface area contributed by atoms with Crippen LogP contribution < -0.4 is 5.56 Å². The van der Waals surface area contributed by atoms with Crippen LogP contribution in [0.3, 0.4) is 0 Å². The smallest absolute Gasteiger partial charge is 0.410 e. The first kappa shape index (κ1) is 19.0. The van der Waals surface area contributed by atoms with Gasteiger partial charge in [-0.25, -0.2) is 4.79 Å². The number of carbonyl (C=O) groups excluding carboxylic acids is 1. The van der Waals surface area contributed by atoms with Crippen LogP contribution in [-0.2, 0) is 22.5 Å². The number of amides is 1. The highest BCUT2D eigenvalue weighted by Crippen LogP contribution is 2.32. The maximum Gasteiger partial charge on any atom is 0.410 e. The lowest BCUT2D eigenvalue weighted by Gasteiger charge is -2.38. The van der Waals surface area contributed by atoms with Gasteiger partial charge in [0.25, 0.3) is 5.56 Å². The molecule has 2 aliphatic rings. The van der Waals surface area contributed by atoms with E-state index in [4.69, 9.17) is 9.47 Å². The van der Waals surface area contributed by atoms with Crippen molar-refractivity contribution >= 4 is 16.9 Å². The highest BCUT2D eigenvalue weighted by molar-refractivity contribution is 5.85. The molecular formula is C22H28N2O4. The average molecular weight is 384 g/mol. The molecule has 0 unspecified atom stereocenters. The molecule has 1 fully saturated rings. The van der Waals surface area contributed by atoms with Crippen molar-refractivity contribution in [1.29, 1.82) is 0 Å². The monoisotopic (exact) mass is 384 g/mol. The van der Waals surface area contributed by atoms with E-state index in [0.29, 0.717) is 37.4 Å². The summed E-state index contributed by atoms with van der Waals surface area (Å²) >= 11 is 0. The number of benzene rings is 1. The average Bonchev–Trinajstić information content (AvgIpc) is 2.67. The number of ether oxygens (including phenoxy) is 2. The highest BCUT2D eigenvalue weighted by atomic mass is 16.6. The normalized spacial score (nSPS) is 20.8. The molecule has 150 valence electrons. The summed E-state index contributed by atoms with van der Waals surface area (Å²) in [4.78, 5) is 29.5. The van der Waals surface area contributed by atoms with E-state index in [1.165, 1.54) is 0 Å². The molecule has 1 saturated heterocycles. The fraction of sp³-hybridized carbons (Fsp3) is 0.545. The van der Waals surface area contributed by atoms with Crippen LogP contribution in [0.2, 0.25) is 0 Å². The van der Waals surface area contributed by atoms with E-state index >= 15 is 0 Å². The van der Waals surface area contributed by atoms with Crippen molar-refractivity contribution in [2.45, 2.75) is 58.3 Å². The third kappa shape index (κ3) is 3.78. The summed E-state index contributed by atoms with van der Waals surface area (Å²) in [6.07, 6.45) is 2.32. The number of piperidine rings is 1. The quantitative estimate of drug-likeness (QED) is 0.815. The number of H-pyrrole nitrogens is 1. The van der Waals surface area contributed by atoms with Gasteiger partial charge in [0.15, 0.2) is 0 Å². The lowest BCUT2D eigenvalue weighted by Crippen LogP contribution is -2.45. The van der Waals surface area contributed by atoms with E-state index < -0.39 is 5.60 Å². The molecule has 28 heavy (non-hydrogen) atoms. The molecule has 1 atom stereocenters. The molecule has 3 heterocycles. The lowest BCUT2D eigenvalue weighted by atomic mass is 9.86. The Hall–Kier alpha value is -2.34. The third-order valence-electron chi connectivity index (χ3n) is 5.69. The van der Waals surface area contributed by atoms with Crippen molar-refractivity contribution in [3.8, 4) is 0 Å². The number of rotatable bonds is 1. The van der Waals surface area contributed by atoms with Crippen LogP contribution in [0.1, 0.15) is 44.9 Å². The fourth-order valence-electron chi connectivity index (χ4n) is 4.26. The molecule has 0 aliphatic carbocycles. The minimum absolute atomic E-state index is 0.0326. The lowest BCUT2D eigenvalue weighted by molar-refractivity contribution is -0.0333. The van der Waals surface area contributed by atoms with E-state index in [1.54, 1.807) is 4.90 Å². The van der Waals surface area contributed by atoms with Gasteiger partial charge in [-0.15, -0.1) is 0 Å². The number of aromatic amines is 1. The first-order chi connectivity index (χ1) is 13.3. The molecule has 1 amide bonds. The van der Waals surface area contributed by atoms with Gasteiger partial charge in [0, 0.05) is 36.2 Å². The van der Waals surface area contributed by atoms with Crippen LogP contribution in [0.5, 0.6) is 0 Å². The number of carbonyl (C=O) groups is 1. The largest absolute Gasteiger partial charge is 0.444 e. The molecule has 4 rings (SSSR count). The van der Waals surface area contributed by atoms with Crippen molar-refractivity contribution in [1.82, 2.24) is 9.88 Å². The zero-order valence-corrected chi connectivity index (χ0v) is 16.8. The molecule has 0 spiro atoms. The summed E-state index contributed by atoms with van der Waals surface area (Å²) in [5, 5.41) is 1.70. The van der Waals surface area contributed by atoms with Crippen molar-refractivity contribution < 1.29 is 14.3 Å². The van der Waals surface area contributed by atoms with Crippen LogP contribution >= 0.6 is 0 Å². The molecule has 0 saturated carbocycles. The Bertz CT molecular complexity index is 936. The first-order valence-electron chi connectivity index (χ1n) is 10.0. The van der Waals surface area contributed by atoms with Gasteiger partial charge in [-0.1, -0.05) is 18.2 Å². The van der Waals surface area contributed by atoms with Crippen LogP contribution in [0.4, 0.5) is 4.79 Å². The molecular weight excluding hydrogens is 356 g/mol. The molecule has 6 nitrogen and oxygen atoms in total. The Morgan fingerprint density at radius 2 is 1.86 bits per heavy atom. The second-order valence-electron chi connectivity index (χ2n) is 8.82. The minimum Gasteiger partial charge on any atom is -0.444 e. The summed E-state index contributed by atoms with van der Waals surface area (Å²) in [5.74, 6) is 0.377.